The van der Waals surface area contributed by atoms with Crippen LogP contribution in [0, 0.1) is 0 Å². The van der Waals surface area contributed by atoms with Crippen molar-refractivity contribution in [2.24, 2.45) is 0 Å². The van der Waals surface area contributed by atoms with Crippen molar-refractivity contribution in [2.45, 2.75) is 88.3 Å². The molecule has 4 rings (SSSR count). The fourth-order valence-corrected chi connectivity index (χ4v) is 5.77. The Hall–Kier alpha value is -2.74. The molecule has 2 aliphatic heterocycles. The lowest BCUT2D eigenvalue weighted by molar-refractivity contribution is -0.143. The third-order valence-electron chi connectivity index (χ3n) is 7.74. The van der Waals surface area contributed by atoms with E-state index in [0.29, 0.717) is 12.8 Å². The molecule has 0 unspecified atom stereocenters. The van der Waals surface area contributed by atoms with Gasteiger partial charge in [0.05, 0.1) is 18.1 Å². The molecular formula is C29H40N4O3. The molecule has 36 heavy (non-hydrogen) atoms. The number of hydrogen-bond donors (Lipinski definition) is 4. The van der Waals surface area contributed by atoms with Crippen molar-refractivity contribution < 1.29 is 14.7 Å². The van der Waals surface area contributed by atoms with Crippen LogP contribution in [0.25, 0.3) is 0 Å². The van der Waals surface area contributed by atoms with E-state index in [9.17, 15) is 14.7 Å². The molecule has 2 aromatic carbocycles. The van der Waals surface area contributed by atoms with Crippen molar-refractivity contribution in [2.75, 3.05) is 7.05 Å². The highest BCUT2D eigenvalue weighted by Gasteiger charge is 2.44. The summed E-state index contributed by atoms with van der Waals surface area (Å²) in [7, 11) is 1.76. The first-order valence-corrected chi connectivity index (χ1v) is 13.4. The number of benzene rings is 2. The second-order valence-corrected chi connectivity index (χ2v) is 10.0. The van der Waals surface area contributed by atoms with E-state index in [0.717, 1.165) is 43.2 Å². The summed E-state index contributed by atoms with van der Waals surface area (Å²) in [4.78, 5) is 28.5. The largest absolute Gasteiger partial charge is 0.376 e. The molecule has 2 amide bonds. The molecule has 0 spiro atoms. The van der Waals surface area contributed by atoms with Gasteiger partial charge in [0, 0.05) is 6.04 Å². The highest BCUT2D eigenvalue weighted by atomic mass is 16.3. The molecule has 194 valence electrons. The number of likely N-dealkylation sites (N-methyl/N-ethyl adjacent to an activating group) is 1. The predicted octanol–water partition coefficient (Wildman–Crippen LogP) is 3.10. The van der Waals surface area contributed by atoms with Gasteiger partial charge in [0.15, 0.2) is 0 Å². The minimum atomic E-state index is -0.902. The Labute approximate surface area is 214 Å². The van der Waals surface area contributed by atoms with Gasteiger partial charge >= 0.3 is 0 Å². The summed E-state index contributed by atoms with van der Waals surface area (Å²) < 4.78 is 0. The van der Waals surface area contributed by atoms with Crippen LogP contribution in [0.2, 0.25) is 0 Å². The molecular weight excluding hydrogens is 452 g/mol. The van der Waals surface area contributed by atoms with E-state index in [1.54, 1.807) is 7.05 Å². The van der Waals surface area contributed by atoms with Gasteiger partial charge in [-0.3, -0.25) is 14.9 Å². The van der Waals surface area contributed by atoms with E-state index in [-0.39, 0.29) is 36.0 Å². The number of fused-ring (bicyclic) bond motifs is 1. The monoisotopic (exact) mass is 492 g/mol. The number of aliphatic hydroxyl groups excluding tert-OH is 1. The van der Waals surface area contributed by atoms with Gasteiger partial charge < -0.3 is 20.6 Å². The third-order valence-corrected chi connectivity index (χ3v) is 7.74. The average Bonchev–Trinajstić information content (AvgIpc) is 3.33. The van der Waals surface area contributed by atoms with Crippen molar-refractivity contribution in [3.63, 3.8) is 0 Å². The molecule has 0 aliphatic carbocycles. The molecule has 0 radical (unpaired) electrons. The maximum Gasteiger partial charge on any atom is 0.245 e. The summed E-state index contributed by atoms with van der Waals surface area (Å²) in [5, 5.41) is 21.0. The van der Waals surface area contributed by atoms with Gasteiger partial charge in [-0.2, -0.15) is 0 Å². The number of nitrogens with one attached hydrogen (secondary N) is 3. The Morgan fingerprint density at radius 2 is 1.58 bits per heavy atom. The first kappa shape index (κ1) is 26.3. The molecule has 0 bridgehead atoms. The van der Waals surface area contributed by atoms with Crippen molar-refractivity contribution >= 4 is 11.8 Å². The Bertz CT molecular complexity index is 943. The minimum Gasteiger partial charge on any atom is -0.376 e. The molecule has 2 saturated heterocycles. The molecule has 4 N–H and O–H groups in total. The molecule has 7 nitrogen and oxygen atoms in total. The standard InChI is InChI=1S/C29H40N4O3/c1-3-23(30-2)27(34)31-24-17-11-10-16-22-18-19-25(33(22)29(24)36)28(35)32-26(20-12-6-4-7-13-20)21-14-8-5-9-15-21/h4-9,12-15,22-26,28,30,32,35H,3,10-11,16-19H2,1-2H3,(H,31,34)/t22-,23-,24-,25-,28+/m0/s1. The van der Waals surface area contributed by atoms with Crippen molar-refractivity contribution in [3.8, 4) is 0 Å². The van der Waals surface area contributed by atoms with Gasteiger partial charge in [0.1, 0.15) is 12.3 Å². The van der Waals surface area contributed by atoms with Crippen LogP contribution in [0.15, 0.2) is 60.7 Å². The summed E-state index contributed by atoms with van der Waals surface area (Å²) in [6.45, 7) is 1.95. The Morgan fingerprint density at radius 3 is 2.17 bits per heavy atom. The van der Waals surface area contributed by atoms with E-state index in [1.165, 1.54) is 0 Å². The minimum absolute atomic E-state index is 0.0710. The number of hydrogen-bond acceptors (Lipinski definition) is 5. The van der Waals surface area contributed by atoms with E-state index in [1.807, 2.05) is 72.5 Å². The third kappa shape index (κ3) is 5.97. The zero-order chi connectivity index (χ0) is 25.5. The van der Waals surface area contributed by atoms with Crippen molar-refractivity contribution in [1.82, 2.24) is 20.9 Å². The predicted molar refractivity (Wildman–Crippen MR) is 141 cm³/mol. The van der Waals surface area contributed by atoms with Crippen LogP contribution in [0.4, 0.5) is 0 Å². The van der Waals surface area contributed by atoms with E-state index >= 15 is 0 Å². The highest BCUT2D eigenvalue weighted by Crippen LogP contribution is 2.33. The molecule has 5 atom stereocenters. The van der Waals surface area contributed by atoms with Crippen molar-refractivity contribution in [3.05, 3.63) is 71.8 Å². The average molecular weight is 493 g/mol. The Balaban J connectivity index is 1.54. The van der Waals surface area contributed by atoms with Gasteiger partial charge in [0.2, 0.25) is 11.8 Å². The Kier molecular flexibility index (Phi) is 9.13. The second kappa shape index (κ2) is 12.5. The summed E-state index contributed by atoms with van der Waals surface area (Å²) in [5.41, 5.74) is 2.11. The van der Waals surface area contributed by atoms with Crippen LogP contribution in [0.5, 0.6) is 0 Å². The summed E-state index contributed by atoms with van der Waals surface area (Å²) in [5.74, 6) is -0.212. The molecule has 2 aromatic rings. The fourth-order valence-electron chi connectivity index (χ4n) is 5.77. The molecule has 2 fully saturated rings. The Morgan fingerprint density at radius 1 is 0.972 bits per heavy atom. The maximum atomic E-state index is 13.8. The second-order valence-electron chi connectivity index (χ2n) is 10.0. The van der Waals surface area contributed by atoms with Crippen LogP contribution in [0.1, 0.15) is 69.0 Å². The SMILES string of the molecule is CC[C@H](NC)C(=O)N[C@H]1CCCC[C@H]2CC[C@@H]([C@@H](O)NC(c3ccccc3)c3ccccc3)N2C1=O. The van der Waals surface area contributed by atoms with Gasteiger partial charge in [-0.05, 0) is 50.3 Å². The normalized spacial score (nSPS) is 24.1. The maximum absolute atomic E-state index is 13.8. The lowest BCUT2D eigenvalue weighted by Crippen LogP contribution is -2.59. The van der Waals surface area contributed by atoms with Crippen LogP contribution in [-0.4, -0.2) is 59.3 Å². The molecule has 0 aromatic heterocycles. The van der Waals surface area contributed by atoms with Crippen LogP contribution in [-0.2, 0) is 9.59 Å². The van der Waals surface area contributed by atoms with Gasteiger partial charge in [-0.25, -0.2) is 0 Å². The first-order chi connectivity index (χ1) is 17.5. The zero-order valence-corrected chi connectivity index (χ0v) is 21.4. The lowest BCUT2D eigenvalue weighted by Gasteiger charge is -2.38. The van der Waals surface area contributed by atoms with Crippen LogP contribution < -0.4 is 16.0 Å². The van der Waals surface area contributed by atoms with Gasteiger partial charge in [-0.1, -0.05) is 80.4 Å². The molecule has 7 heteroatoms. The zero-order valence-electron chi connectivity index (χ0n) is 21.4. The topological polar surface area (TPSA) is 93.7 Å². The first-order valence-electron chi connectivity index (χ1n) is 13.4. The summed E-state index contributed by atoms with van der Waals surface area (Å²) in [6, 6.07) is 18.8. The van der Waals surface area contributed by atoms with Gasteiger partial charge in [0.25, 0.3) is 0 Å². The lowest BCUT2D eigenvalue weighted by atomic mass is 9.97. The van der Waals surface area contributed by atoms with Crippen LogP contribution >= 0.6 is 0 Å². The molecule has 2 heterocycles. The summed E-state index contributed by atoms with van der Waals surface area (Å²) >= 11 is 0. The number of aliphatic hydroxyl groups is 1. The fraction of sp³-hybridized carbons (Fsp3) is 0.517. The molecule has 0 saturated carbocycles. The molecule has 2 aliphatic rings. The number of nitrogens with zero attached hydrogens (tertiary/aromatic N) is 1. The van der Waals surface area contributed by atoms with E-state index < -0.39 is 12.3 Å². The smallest absolute Gasteiger partial charge is 0.245 e. The number of amides is 2. The van der Waals surface area contributed by atoms with Gasteiger partial charge in [-0.15, -0.1) is 0 Å². The van der Waals surface area contributed by atoms with Crippen LogP contribution in [0.3, 0.4) is 0 Å². The van der Waals surface area contributed by atoms with E-state index in [2.05, 4.69) is 16.0 Å². The quantitative estimate of drug-likeness (QED) is 0.404. The number of carbonyl (C=O) groups excluding carboxylic acids is 2. The number of carbonyl (C=O) groups is 2. The van der Waals surface area contributed by atoms with E-state index in [4.69, 9.17) is 0 Å². The summed E-state index contributed by atoms with van der Waals surface area (Å²) in [6.07, 6.45) is 4.83. The highest BCUT2D eigenvalue weighted by molar-refractivity contribution is 5.90. The number of rotatable bonds is 9. The van der Waals surface area contributed by atoms with Crippen molar-refractivity contribution in [1.29, 1.82) is 0 Å².